The minimum absolute atomic E-state index is 0.0449. The molecule has 1 fully saturated rings. The topological polar surface area (TPSA) is 150 Å². The Kier molecular flexibility index (Phi) is 13.4. The summed E-state index contributed by atoms with van der Waals surface area (Å²) in [5, 5.41) is 5.36. The Bertz CT molecular complexity index is 3190. The van der Waals surface area contributed by atoms with Gasteiger partial charge < -0.3 is 9.80 Å². The molecule has 21 heteroatoms. The van der Waals surface area contributed by atoms with Crippen LogP contribution in [0.3, 0.4) is 0 Å². The van der Waals surface area contributed by atoms with Crippen molar-refractivity contribution in [1.29, 1.82) is 0 Å². The van der Waals surface area contributed by atoms with Gasteiger partial charge in [0.25, 0.3) is 0 Å². The van der Waals surface area contributed by atoms with Gasteiger partial charge in [0.2, 0.25) is 20.0 Å². The maximum atomic E-state index is 13.3. The van der Waals surface area contributed by atoms with Gasteiger partial charge in [0.1, 0.15) is 34.6 Å². The Labute approximate surface area is 388 Å². The summed E-state index contributed by atoms with van der Waals surface area (Å²) < 4.78 is 83.9. The van der Waals surface area contributed by atoms with Gasteiger partial charge >= 0.3 is 0 Å². The van der Waals surface area contributed by atoms with Gasteiger partial charge in [-0.1, -0.05) is 13.8 Å². The van der Waals surface area contributed by atoms with Gasteiger partial charge in [0, 0.05) is 60.8 Å². The summed E-state index contributed by atoms with van der Waals surface area (Å²) in [7, 11) is -2.95. The van der Waals surface area contributed by atoms with E-state index < -0.39 is 20.0 Å². The molecule has 0 unspecified atom stereocenters. The van der Waals surface area contributed by atoms with Crippen LogP contribution < -0.4 is 18.8 Å². The second-order valence-corrected chi connectivity index (χ2v) is 21.0. The van der Waals surface area contributed by atoms with E-state index in [1.54, 1.807) is 42.6 Å². The lowest BCUT2D eigenvalue weighted by Gasteiger charge is -2.20. The molecule has 0 spiro atoms. The number of nitrogens with zero attached hydrogens (tertiary/aromatic N) is 9. The molecule has 7 heterocycles. The minimum Gasteiger partial charge on any atom is -0.305 e. The predicted octanol–water partition coefficient (Wildman–Crippen LogP) is 9.76. The monoisotopic (exact) mass is 978 g/mol. The first kappa shape index (κ1) is 45.9. The third-order valence-corrected chi connectivity index (χ3v) is 16.0. The molecule has 1 aliphatic heterocycles. The average molecular weight is 980 g/mol. The van der Waals surface area contributed by atoms with Crippen LogP contribution in [0, 0.1) is 11.6 Å². The number of aromatic nitrogens is 6. The molecule has 0 aliphatic carbocycles. The second kappa shape index (κ2) is 19.0. The SMILES string of the molecule is CCc1nc2ccc(N3CCCS3(=O)=O)cn2c1N(C)c1nc(-c2ccc(F)cc2)cs1.CCc1nc2ccc(NS(=O)(=O)CCCCl)cn2c1N(C)c1nc(-c2ccc(F)cc2)cs1. The number of alkyl halides is 1. The molecule has 1 aliphatic rings. The molecule has 14 nitrogen and oxygen atoms in total. The first-order valence-corrected chi connectivity index (χ1v) is 26.2. The molecule has 0 amide bonds. The van der Waals surface area contributed by atoms with Crippen molar-refractivity contribution in [2.75, 3.05) is 56.9 Å². The number of sulfonamides is 2. The zero-order chi connectivity index (χ0) is 46.0. The van der Waals surface area contributed by atoms with E-state index in [0.29, 0.717) is 42.8 Å². The number of halogens is 3. The molecule has 0 saturated carbocycles. The van der Waals surface area contributed by atoms with E-state index in [1.165, 1.54) is 51.2 Å². The third kappa shape index (κ3) is 9.81. The lowest BCUT2D eigenvalue weighted by atomic mass is 10.2. The van der Waals surface area contributed by atoms with Gasteiger partial charge in [-0.25, -0.2) is 45.6 Å². The van der Waals surface area contributed by atoms with Crippen LogP contribution >= 0.6 is 34.3 Å². The van der Waals surface area contributed by atoms with Crippen LogP contribution in [-0.2, 0) is 32.9 Å². The smallest absolute Gasteiger partial charge is 0.235 e. The van der Waals surface area contributed by atoms with Crippen molar-refractivity contribution >= 4 is 98.9 Å². The molecule has 9 rings (SSSR count). The predicted molar refractivity (Wildman–Crippen MR) is 259 cm³/mol. The highest BCUT2D eigenvalue weighted by molar-refractivity contribution is 7.93. The van der Waals surface area contributed by atoms with E-state index in [2.05, 4.69) is 4.72 Å². The number of hydrogen-bond acceptors (Lipinski definition) is 12. The van der Waals surface area contributed by atoms with Crippen molar-refractivity contribution in [1.82, 2.24) is 28.7 Å². The molecule has 0 bridgehead atoms. The normalized spacial score (nSPS) is 13.6. The number of thiazole rings is 2. The summed E-state index contributed by atoms with van der Waals surface area (Å²) in [6.07, 6.45) is 5.97. The molecule has 65 heavy (non-hydrogen) atoms. The fourth-order valence-electron chi connectivity index (χ4n) is 7.47. The summed E-state index contributed by atoms with van der Waals surface area (Å²) in [4.78, 5) is 22.8. The van der Waals surface area contributed by atoms with Crippen LogP contribution in [0.1, 0.15) is 38.1 Å². The van der Waals surface area contributed by atoms with Crippen LogP contribution in [0.4, 0.5) is 42.1 Å². The summed E-state index contributed by atoms with van der Waals surface area (Å²) in [6.45, 7) is 4.54. The highest BCUT2D eigenvalue weighted by Gasteiger charge is 2.30. The Morgan fingerprint density at radius 2 is 1.25 bits per heavy atom. The highest BCUT2D eigenvalue weighted by atomic mass is 35.5. The number of anilines is 6. The Morgan fingerprint density at radius 1 is 0.738 bits per heavy atom. The summed E-state index contributed by atoms with van der Waals surface area (Å²) in [5.41, 5.74) is 7.48. The van der Waals surface area contributed by atoms with Crippen molar-refractivity contribution in [3.63, 3.8) is 0 Å². The number of rotatable bonds is 14. The van der Waals surface area contributed by atoms with Crippen molar-refractivity contribution in [2.24, 2.45) is 0 Å². The summed E-state index contributed by atoms with van der Waals surface area (Å²) >= 11 is 8.58. The Morgan fingerprint density at radius 3 is 1.72 bits per heavy atom. The quantitative estimate of drug-likeness (QED) is 0.104. The minimum atomic E-state index is -3.50. The molecule has 1 N–H and O–H groups in total. The summed E-state index contributed by atoms with van der Waals surface area (Å²) in [5.74, 6) is 1.48. The average Bonchev–Trinajstić information content (AvgIpc) is 4.15. The maximum absolute atomic E-state index is 13.3. The van der Waals surface area contributed by atoms with Crippen molar-refractivity contribution in [2.45, 2.75) is 39.5 Å². The van der Waals surface area contributed by atoms with E-state index in [1.807, 2.05) is 75.6 Å². The molecule has 2 aromatic carbocycles. The number of fused-ring (bicyclic) bond motifs is 2. The van der Waals surface area contributed by atoms with Gasteiger partial charge in [-0.15, -0.1) is 34.3 Å². The Hall–Kier alpha value is -5.67. The van der Waals surface area contributed by atoms with Gasteiger partial charge in [-0.05, 0) is 98.5 Å². The van der Waals surface area contributed by atoms with Crippen LogP contribution in [0.5, 0.6) is 0 Å². The Balaban J connectivity index is 0.000000177. The molecule has 340 valence electrons. The number of aryl methyl sites for hydroxylation is 2. The molecule has 1 saturated heterocycles. The van der Waals surface area contributed by atoms with Gasteiger partial charge in [0.05, 0.1) is 45.7 Å². The fourth-order valence-corrected chi connectivity index (χ4v) is 12.0. The summed E-state index contributed by atoms with van der Waals surface area (Å²) in [6, 6.07) is 19.6. The molecule has 6 aromatic heterocycles. The largest absolute Gasteiger partial charge is 0.305 e. The van der Waals surface area contributed by atoms with Crippen molar-refractivity contribution in [3.05, 3.63) is 119 Å². The standard InChI is InChI=1S/C22H23ClFN5O2S2.C22H22FN5O2S2/c1-3-18-21(28(2)22-26-19(14-32-22)15-5-7-16(24)8-6-15)29-13-17(9-10-20(29)25-18)27-33(30,31)12-4-11-23;1-3-18-21(26(2)22-25-19(14-31-22)15-5-7-16(23)8-6-15)27-13-17(9-10-20(27)24-18)28-11-4-12-32(28,29)30/h5-10,13-14,27H,3-4,11-12H2,1-2H3;5-10,13-14H,3-4,11-12H2,1-2H3. The molecular weight excluding hydrogens is 934 g/mol. The highest BCUT2D eigenvalue weighted by Crippen LogP contribution is 2.37. The van der Waals surface area contributed by atoms with Crippen molar-refractivity contribution in [3.8, 4) is 22.5 Å². The third-order valence-electron chi connectivity index (χ3n) is 10.7. The zero-order valence-electron chi connectivity index (χ0n) is 35.8. The van der Waals surface area contributed by atoms with Gasteiger partial charge in [-0.3, -0.25) is 17.8 Å². The lowest BCUT2D eigenvalue weighted by Crippen LogP contribution is -2.25. The number of nitrogens with one attached hydrogen (secondary N) is 1. The van der Waals surface area contributed by atoms with Crippen LogP contribution in [0.15, 0.2) is 96.0 Å². The van der Waals surface area contributed by atoms with E-state index in [9.17, 15) is 25.6 Å². The number of imidazole rings is 2. The van der Waals surface area contributed by atoms with Crippen molar-refractivity contribution < 1.29 is 25.6 Å². The first-order valence-electron chi connectivity index (χ1n) is 20.7. The van der Waals surface area contributed by atoms with E-state index in [0.717, 1.165) is 67.9 Å². The molecule has 8 aromatic rings. The van der Waals surface area contributed by atoms with Gasteiger partial charge in [-0.2, -0.15) is 0 Å². The van der Waals surface area contributed by atoms with Crippen LogP contribution in [0.25, 0.3) is 33.8 Å². The van der Waals surface area contributed by atoms with Crippen LogP contribution in [-0.4, -0.2) is 83.6 Å². The zero-order valence-corrected chi connectivity index (χ0v) is 39.8. The van der Waals surface area contributed by atoms with Crippen LogP contribution in [0.2, 0.25) is 0 Å². The fraction of sp³-hybridized carbons (Fsp3) is 0.273. The first-order chi connectivity index (χ1) is 31.2. The van der Waals surface area contributed by atoms with E-state index in [-0.39, 0.29) is 29.0 Å². The number of pyridine rings is 2. The lowest BCUT2D eigenvalue weighted by molar-refractivity contribution is 0.598. The molecule has 0 radical (unpaired) electrons. The number of hydrogen-bond donors (Lipinski definition) is 1. The van der Waals surface area contributed by atoms with E-state index in [4.69, 9.17) is 31.5 Å². The maximum Gasteiger partial charge on any atom is 0.235 e. The van der Waals surface area contributed by atoms with Gasteiger partial charge in [0.15, 0.2) is 10.3 Å². The van der Waals surface area contributed by atoms with E-state index >= 15 is 0 Å². The second-order valence-electron chi connectivity index (χ2n) is 15.1. The number of benzene rings is 2. The molecular formula is C44H45ClF2N10O4S4. The molecule has 0 atom stereocenters.